The van der Waals surface area contributed by atoms with Crippen molar-refractivity contribution in [3.63, 3.8) is 0 Å². The Labute approximate surface area is 93.7 Å². The summed E-state index contributed by atoms with van der Waals surface area (Å²) in [5.41, 5.74) is 0.903. The number of carboxylic acids is 1. The Morgan fingerprint density at radius 2 is 1.69 bits per heavy atom. The highest BCUT2D eigenvalue weighted by Gasteiger charge is 2.34. The zero-order chi connectivity index (χ0) is 12.5. The van der Waals surface area contributed by atoms with E-state index in [9.17, 15) is 14.4 Å². The number of amides is 2. The van der Waals surface area contributed by atoms with E-state index in [1.807, 2.05) is 0 Å². The van der Waals surface area contributed by atoms with Gasteiger partial charge in [0.25, 0.3) is 11.8 Å². The number of nitrogens with zero attached hydrogens (tertiary/aromatic N) is 1. The Morgan fingerprint density at radius 3 is 2.06 bits per heavy atom. The van der Waals surface area contributed by atoms with E-state index < -0.39 is 5.97 Å². The van der Waals surface area contributed by atoms with Crippen LogP contribution in [0.15, 0.2) is 11.1 Å². The summed E-state index contributed by atoms with van der Waals surface area (Å²) in [6.07, 6.45) is -0.0465. The van der Waals surface area contributed by atoms with Gasteiger partial charge in [-0.2, -0.15) is 0 Å². The quantitative estimate of drug-likeness (QED) is 0.718. The first kappa shape index (κ1) is 12.4. The second kappa shape index (κ2) is 4.47. The maximum atomic E-state index is 11.6. The molecule has 1 N–H and O–H groups in total. The molecule has 16 heavy (non-hydrogen) atoms. The fraction of sp³-hybridized carbons (Fsp3) is 0.545. The smallest absolute Gasteiger partial charge is 0.303 e. The second-order valence-corrected chi connectivity index (χ2v) is 4.17. The van der Waals surface area contributed by atoms with Crippen LogP contribution in [0.4, 0.5) is 0 Å². The molecule has 0 radical (unpaired) electrons. The second-order valence-electron chi connectivity index (χ2n) is 4.17. The summed E-state index contributed by atoms with van der Waals surface area (Å²) in [4.78, 5) is 34.9. The Morgan fingerprint density at radius 1 is 1.25 bits per heavy atom. The van der Waals surface area contributed by atoms with Crippen LogP contribution >= 0.6 is 0 Å². The van der Waals surface area contributed by atoms with Crippen LogP contribution in [0.5, 0.6) is 0 Å². The number of rotatable bonds is 4. The van der Waals surface area contributed by atoms with Crippen LogP contribution in [-0.4, -0.2) is 34.3 Å². The van der Waals surface area contributed by atoms with Crippen molar-refractivity contribution in [2.75, 3.05) is 6.54 Å². The van der Waals surface area contributed by atoms with E-state index in [1.54, 1.807) is 20.8 Å². The zero-order valence-corrected chi connectivity index (χ0v) is 9.61. The molecule has 1 aliphatic rings. The van der Waals surface area contributed by atoms with Crippen molar-refractivity contribution in [3.05, 3.63) is 11.1 Å². The van der Waals surface area contributed by atoms with E-state index in [1.165, 1.54) is 0 Å². The van der Waals surface area contributed by atoms with E-state index in [2.05, 4.69) is 0 Å². The molecule has 5 heteroatoms. The third-order valence-electron chi connectivity index (χ3n) is 2.71. The van der Waals surface area contributed by atoms with Crippen molar-refractivity contribution in [1.82, 2.24) is 4.90 Å². The van der Waals surface area contributed by atoms with Crippen molar-refractivity contribution in [2.45, 2.75) is 27.2 Å². The lowest BCUT2D eigenvalue weighted by molar-refractivity contribution is -0.142. The van der Waals surface area contributed by atoms with Crippen LogP contribution in [0, 0.1) is 5.92 Å². The first-order chi connectivity index (χ1) is 7.34. The lowest BCUT2D eigenvalue weighted by Crippen LogP contribution is -2.35. The number of aliphatic carboxylic acids is 1. The number of imide groups is 1. The van der Waals surface area contributed by atoms with Gasteiger partial charge < -0.3 is 5.11 Å². The Hall–Kier alpha value is -1.65. The Balaban J connectivity index is 2.68. The van der Waals surface area contributed by atoms with Crippen LogP contribution < -0.4 is 0 Å². The first-order valence-corrected chi connectivity index (χ1v) is 5.10. The molecule has 88 valence electrons. The van der Waals surface area contributed by atoms with Gasteiger partial charge in [0, 0.05) is 24.1 Å². The number of hydrogen-bond donors (Lipinski definition) is 1. The minimum absolute atomic E-state index is 0.0465. The average molecular weight is 225 g/mol. The zero-order valence-electron chi connectivity index (χ0n) is 9.61. The summed E-state index contributed by atoms with van der Waals surface area (Å²) in [6, 6.07) is 0. The van der Waals surface area contributed by atoms with Crippen LogP contribution in [0.1, 0.15) is 27.2 Å². The highest BCUT2D eigenvalue weighted by Crippen LogP contribution is 2.21. The summed E-state index contributed by atoms with van der Waals surface area (Å²) in [5.74, 6) is -1.77. The molecule has 0 fully saturated rings. The molecule has 1 aliphatic heterocycles. The van der Waals surface area contributed by atoms with Gasteiger partial charge in [-0.15, -0.1) is 0 Å². The third-order valence-corrected chi connectivity index (χ3v) is 2.71. The molecule has 0 aliphatic carbocycles. The molecule has 2 amide bonds. The van der Waals surface area contributed by atoms with Gasteiger partial charge >= 0.3 is 5.97 Å². The molecule has 0 bridgehead atoms. The molecule has 0 aromatic heterocycles. The lowest BCUT2D eigenvalue weighted by atomic mass is 10.1. The van der Waals surface area contributed by atoms with Crippen molar-refractivity contribution >= 4 is 17.8 Å². The van der Waals surface area contributed by atoms with Crippen molar-refractivity contribution < 1.29 is 19.5 Å². The molecule has 0 spiro atoms. The van der Waals surface area contributed by atoms with E-state index in [0.717, 1.165) is 4.90 Å². The highest BCUT2D eigenvalue weighted by atomic mass is 16.4. The lowest BCUT2D eigenvalue weighted by Gasteiger charge is -2.18. The standard InChI is InChI=1S/C11H15NO4/c1-6(4-9(13)14)5-12-10(15)7(2)8(3)11(12)16/h6H,4-5H2,1-3H3,(H,13,14). The summed E-state index contributed by atoms with van der Waals surface area (Å²) >= 11 is 0. The topological polar surface area (TPSA) is 74.7 Å². The van der Waals surface area contributed by atoms with Crippen LogP contribution in [0.3, 0.4) is 0 Å². The van der Waals surface area contributed by atoms with Crippen molar-refractivity contribution in [1.29, 1.82) is 0 Å². The largest absolute Gasteiger partial charge is 0.481 e. The molecule has 0 saturated carbocycles. The molecule has 1 rings (SSSR count). The fourth-order valence-corrected chi connectivity index (χ4v) is 1.66. The van der Waals surface area contributed by atoms with Gasteiger partial charge in [-0.05, 0) is 19.8 Å². The van der Waals surface area contributed by atoms with Crippen LogP contribution in [-0.2, 0) is 14.4 Å². The maximum absolute atomic E-state index is 11.6. The van der Waals surface area contributed by atoms with Gasteiger partial charge in [0.2, 0.25) is 0 Å². The van der Waals surface area contributed by atoms with Gasteiger partial charge in [-0.3, -0.25) is 19.3 Å². The molecule has 1 atom stereocenters. The molecule has 1 unspecified atom stereocenters. The van der Waals surface area contributed by atoms with Crippen LogP contribution in [0.2, 0.25) is 0 Å². The van der Waals surface area contributed by atoms with Gasteiger partial charge in [0.05, 0.1) is 0 Å². The monoisotopic (exact) mass is 225 g/mol. The summed E-state index contributed by atoms with van der Waals surface area (Å²) < 4.78 is 0. The fourth-order valence-electron chi connectivity index (χ4n) is 1.66. The molecule has 0 aromatic rings. The van der Waals surface area contributed by atoms with E-state index in [0.29, 0.717) is 11.1 Å². The third kappa shape index (κ3) is 2.29. The number of carbonyl (C=O) groups excluding carboxylic acids is 2. The summed E-state index contributed by atoms with van der Waals surface area (Å²) in [6.45, 7) is 5.09. The molecule has 0 saturated heterocycles. The summed E-state index contributed by atoms with van der Waals surface area (Å²) in [7, 11) is 0. The van der Waals surface area contributed by atoms with Gasteiger partial charge in [0.1, 0.15) is 0 Å². The van der Waals surface area contributed by atoms with Gasteiger partial charge in [-0.25, -0.2) is 0 Å². The molecule has 1 heterocycles. The Bertz CT molecular complexity index is 359. The minimum atomic E-state index is -0.923. The van der Waals surface area contributed by atoms with Crippen molar-refractivity contribution in [3.8, 4) is 0 Å². The van der Waals surface area contributed by atoms with E-state index in [4.69, 9.17) is 5.11 Å². The molecular weight excluding hydrogens is 210 g/mol. The maximum Gasteiger partial charge on any atom is 0.303 e. The molecule has 0 aromatic carbocycles. The number of carboxylic acid groups (broad SMARTS) is 1. The summed E-state index contributed by atoms with van der Waals surface area (Å²) in [5, 5.41) is 8.59. The SMILES string of the molecule is CC1=C(C)C(=O)N(CC(C)CC(=O)O)C1=O. The molecule has 5 nitrogen and oxygen atoms in total. The predicted octanol–water partition coefficient (Wildman–Crippen LogP) is 0.802. The first-order valence-electron chi connectivity index (χ1n) is 5.10. The number of carbonyl (C=O) groups is 3. The van der Waals surface area contributed by atoms with Gasteiger partial charge in [0.15, 0.2) is 0 Å². The van der Waals surface area contributed by atoms with Crippen molar-refractivity contribution in [2.24, 2.45) is 5.92 Å². The molecular formula is C11H15NO4. The minimum Gasteiger partial charge on any atom is -0.481 e. The Kier molecular flexibility index (Phi) is 3.47. The highest BCUT2D eigenvalue weighted by molar-refractivity contribution is 6.18. The average Bonchev–Trinajstić information content (AvgIpc) is 2.34. The number of hydrogen-bond acceptors (Lipinski definition) is 3. The van der Waals surface area contributed by atoms with E-state index in [-0.39, 0.29) is 30.7 Å². The van der Waals surface area contributed by atoms with E-state index >= 15 is 0 Å². The van der Waals surface area contributed by atoms with Crippen LogP contribution in [0.25, 0.3) is 0 Å². The van der Waals surface area contributed by atoms with Gasteiger partial charge in [-0.1, -0.05) is 6.92 Å². The normalized spacial score (nSPS) is 18.3. The predicted molar refractivity (Wildman–Crippen MR) is 56.5 cm³/mol.